The monoisotopic (exact) mass is 275 g/mol. The van der Waals surface area contributed by atoms with Gasteiger partial charge in [-0.15, -0.1) is 0 Å². The Labute approximate surface area is 121 Å². The van der Waals surface area contributed by atoms with E-state index < -0.39 is 0 Å². The first-order chi connectivity index (χ1) is 9.86. The zero-order chi connectivity index (χ0) is 13.8. The van der Waals surface area contributed by atoms with Crippen molar-refractivity contribution in [1.82, 2.24) is 10.3 Å². The molecule has 1 saturated carbocycles. The number of rotatable bonds is 6. The van der Waals surface area contributed by atoms with Crippen LogP contribution in [0.1, 0.15) is 31.2 Å². The Balaban J connectivity index is 1.67. The molecule has 1 aromatic heterocycles. The maximum absolute atomic E-state index is 5.33. The van der Waals surface area contributed by atoms with Crippen molar-refractivity contribution in [1.29, 1.82) is 0 Å². The third kappa shape index (κ3) is 3.49. The van der Waals surface area contributed by atoms with Crippen LogP contribution in [0.2, 0.25) is 0 Å². The summed E-state index contributed by atoms with van der Waals surface area (Å²) in [5.74, 6) is 0.651. The van der Waals surface area contributed by atoms with E-state index in [1.807, 2.05) is 12.4 Å². The standard InChI is InChI=1S/C16H25N3O/c1-20-12-13-3-2-8-19(11-13)16-10-17-7-6-14(16)9-18-15-4-5-15/h6-7,10,13,15,18H,2-5,8-9,11-12H2,1H3. The number of nitrogens with zero attached hydrogens (tertiary/aromatic N) is 2. The molecule has 110 valence electrons. The number of aromatic nitrogens is 1. The topological polar surface area (TPSA) is 37.4 Å². The van der Waals surface area contributed by atoms with Crippen molar-refractivity contribution >= 4 is 5.69 Å². The molecule has 0 bridgehead atoms. The Morgan fingerprint density at radius 3 is 3.10 bits per heavy atom. The highest BCUT2D eigenvalue weighted by Crippen LogP contribution is 2.27. The Morgan fingerprint density at radius 2 is 2.30 bits per heavy atom. The number of nitrogens with one attached hydrogen (secondary N) is 1. The van der Waals surface area contributed by atoms with Crippen LogP contribution in [0.4, 0.5) is 5.69 Å². The predicted octanol–water partition coefficient (Wildman–Crippen LogP) is 2.20. The zero-order valence-electron chi connectivity index (χ0n) is 12.3. The lowest BCUT2D eigenvalue weighted by molar-refractivity contribution is 0.143. The van der Waals surface area contributed by atoms with Crippen LogP contribution in [0.25, 0.3) is 0 Å². The van der Waals surface area contributed by atoms with Gasteiger partial charge in [0.05, 0.1) is 18.5 Å². The van der Waals surface area contributed by atoms with Crippen LogP contribution in [-0.4, -0.2) is 37.8 Å². The number of hydrogen-bond donors (Lipinski definition) is 1. The van der Waals surface area contributed by atoms with Gasteiger partial charge in [0, 0.05) is 39.0 Å². The molecule has 2 aliphatic rings. The number of hydrogen-bond acceptors (Lipinski definition) is 4. The van der Waals surface area contributed by atoms with Crippen LogP contribution in [0.5, 0.6) is 0 Å². The summed E-state index contributed by atoms with van der Waals surface area (Å²) in [6, 6.07) is 2.91. The van der Waals surface area contributed by atoms with Crippen molar-refractivity contribution in [2.24, 2.45) is 5.92 Å². The lowest BCUT2D eigenvalue weighted by atomic mass is 9.98. The highest BCUT2D eigenvalue weighted by atomic mass is 16.5. The van der Waals surface area contributed by atoms with Gasteiger partial charge >= 0.3 is 0 Å². The van der Waals surface area contributed by atoms with Crippen LogP contribution in [-0.2, 0) is 11.3 Å². The average Bonchev–Trinajstić information content (AvgIpc) is 3.30. The van der Waals surface area contributed by atoms with Gasteiger partial charge in [-0.3, -0.25) is 4.98 Å². The molecule has 20 heavy (non-hydrogen) atoms. The molecule has 1 saturated heterocycles. The van der Waals surface area contributed by atoms with Gasteiger partial charge in [-0.2, -0.15) is 0 Å². The van der Waals surface area contributed by atoms with E-state index in [0.717, 1.165) is 32.3 Å². The van der Waals surface area contributed by atoms with Gasteiger partial charge in [-0.25, -0.2) is 0 Å². The molecule has 0 radical (unpaired) electrons. The number of ether oxygens (including phenoxy) is 1. The van der Waals surface area contributed by atoms with E-state index in [4.69, 9.17) is 4.74 Å². The molecule has 1 N–H and O–H groups in total. The van der Waals surface area contributed by atoms with E-state index in [-0.39, 0.29) is 0 Å². The summed E-state index contributed by atoms with van der Waals surface area (Å²) in [7, 11) is 1.80. The molecule has 0 amide bonds. The molecule has 0 spiro atoms. The number of anilines is 1. The largest absolute Gasteiger partial charge is 0.384 e. The Bertz CT molecular complexity index is 431. The maximum atomic E-state index is 5.33. The SMILES string of the molecule is COCC1CCCN(c2cnccc2CNC2CC2)C1. The first kappa shape index (κ1) is 13.8. The van der Waals surface area contributed by atoms with Crippen molar-refractivity contribution in [3.05, 3.63) is 24.0 Å². The fourth-order valence-electron chi connectivity index (χ4n) is 3.05. The third-order valence-corrected chi connectivity index (χ3v) is 4.31. The molecule has 0 aromatic carbocycles. The third-order valence-electron chi connectivity index (χ3n) is 4.31. The summed E-state index contributed by atoms with van der Waals surface area (Å²) >= 11 is 0. The van der Waals surface area contributed by atoms with E-state index in [9.17, 15) is 0 Å². The van der Waals surface area contributed by atoms with Crippen LogP contribution in [0.15, 0.2) is 18.5 Å². The molecular formula is C16H25N3O. The van der Waals surface area contributed by atoms with Crippen molar-refractivity contribution in [3.63, 3.8) is 0 Å². The van der Waals surface area contributed by atoms with Gasteiger partial charge in [0.2, 0.25) is 0 Å². The average molecular weight is 275 g/mol. The molecule has 2 fully saturated rings. The van der Waals surface area contributed by atoms with Gasteiger partial charge in [-0.05, 0) is 43.2 Å². The molecule has 4 heteroatoms. The van der Waals surface area contributed by atoms with Crippen LogP contribution in [0.3, 0.4) is 0 Å². The van der Waals surface area contributed by atoms with Gasteiger partial charge in [-0.1, -0.05) is 0 Å². The molecule has 1 aromatic rings. The summed E-state index contributed by atoms with van der Waals surface area (Å²) in [4.78, 5) is 6.82. The van der Waals surface area contributed by atoms with Gasteiger partial charge < -0.3 is 15.0 Å². The van der Waals surface area contributed by atoms with E-state index in [1.54, 1.807) is 7.11 Å². The molecule has 3 rings (SSSR count). The summed E-state index contributed by atoms with van der Waals surface area (Å²) in [6.07, 6.45) is 9.13. The van der Waals surface area contributed by atoms with E-state index in [0.29, 0.717) is 5.92 Å². The quantitative estimate of drug-likeness (QED) is 0.863. The molecule has 1 atom stereocenters. The second-order valence-electron chi connectivity index (χ2n) is 6.07. The van der Waals surface area contributed by atoms with Crippen molar-refractivity contribution in [2.75, 3.05) is 31.7 Å². The molecule has 4 nitrogen and oxygen atoms in total. The fraction of sp³-hybridized carbons (Fsp3) is 0.688. The van der Waals surface area contributed by atoms with Crippen LogP contribution < -0.4 is 10.2 Å². The van der Waals surface area contributed by atoms with Crippen LogP contribution in [0, 0.1) is 5.92 Å². The first-order valence-electron chi connectivity index (χ1n) is 7.77. The molecule has 2 heterocycles. The Morgan fingerprint density at radius 1 is 1.40 bits per heavy atom. The maximum Gasteiger partial charge on any atom is 0.0598 e. The zero-order valence-corrected chi connectivity index (χ0v) is 12.3. The summed E-state index contributed by atoms with van der Waals surface area (Å²) in [5.41, 5.74) is 2.69. The molecule has 1 unspecified atom stereocenters. The normalized spacial score (nSPS) is 23.1. The number of piperidine rings is 1. The summed E-state index contributed by atoms with van der Waals surface area (Å²) < 4.78 is 5.33. The minimum absolute atomic E-state index is 0.651. The lowest BCUT2D eigenvalue weighted by Gasteiger charge is -2.35. The minimum atomic E-state index is 0.651. The molecular weight excluding hydrogens is 250 g/mol. The number of pyridine rings is 1. The second kappa shape index (κ2) is 6.55. The summed E-state index contributed by atoms with van der Waals surface area (Å²) in [6.45, 7) is 4.07. The van der Waals surface area contributed by atoms with Crippen LogP contribution >= 0.6 is 0 Å². The predicted molar refractivity (Wildman–Crippen MR) is 80.9 cm³/mol. The number of methoxy groups -OCH3 is 1. The van der Waals surface area contributed by atoms with E-state index in [2.05, 4.69) is 21.3 Å². The minimum Gasteiger partial charge on any atom is -0.384 e. The highest BCUT2D eigenvalue weighted by molar-refractivity contribution is 5.52. The Kier molecular flexibility index (Phi) is 4.53. The summed E-state index contributed by atoms with van der Waals surface area (Å²) in [5, 5.41) is 3.61. The van der Waals surface area contributed by atoms with Gasteiger partial charge in [0.15, 0.2) is 0 Å². The van der Waals surface area contributed by atoms with E-state index in [1.165, 1.54) is 36.9 Å². The second-order valence-corrected chi connectivity index (χ2v) is 6.07. The fourth-order valence-corrected chi connectivity index (χ4v) is 3.05. The molecule has 1 aliphatic carbocycles. The van der Waals surface area contributed by atoms with E-state index >= 15 is 0 Å². The van der Waals surface area contributed by atoms with Gasteiger partial charge in [0.25, 0.3) is 0 Å². The van der Waals surface area contributed by atoms with Crippen molar-refractivity contribution in [2.45, 2.75) is 38.3 Å². The van der Waals surface area contributed by atoms with Crippen molar-refractivity contribution in [3.8, 4) is 0 Å². The highest BCUT2D eigenvalue weighted by Gasteiger charge is 2.23. The Hall–Kier alpha value is -1.13. The molecule has 1 aliphatic heterocycles. The van der Waals surface area contributed by atoms with Gasteiger partial charge in [0.1, 0.15) is 0 Å². The smallest absolute Gasteiger partial charge is 0.0598 e. The lowest BCUT2D eigenvalue weighted by Crippen LogP contribution is -2.38. The van der Waals surface area contributed by atoms with Crippen molar-refractivity contribution < 1.29 is 4.74 Å². The first-order valence-corrected chi connectivity index (χ1v) is 7.77.